The van der Waals surface area contributed by atoms with Crippen LogP contribution in [0.15, 0.2) is 15.7 Å². The van der Waals surface area contributed by atoms with E-state index in [4.69, 9.17) is 0 Å². The monoisotopic (exact) mass is 308 g/mol. The van der Waals surface area contributed by atoms with Gasteiger partial charge >= 0.3 is 0 Å². The molecule has 0 atom stereocenters. The largest absolute Gasteiger partial charge is 0.300 e. The smallest absolute Gasteiger partial charge is 0.277 e. The van der Waals surface area contributed by atoms with Crippen LogP contribution in [0, 0.1) is 0 Å². The Morgan fingerprint density at radius 3 is 1.86 bits per heavy atom. The molecule has 0 aliphatic rings. The Hall–Kier alpha value is -2.31. The number of nitrogens with one attached hydrogen (secondary N) is 2. The van der Waals surface area contributed by atoms with Gasteiger partial charge in [-0.05, 0) is 11.8 Å². The molecule has 0 fully saturated rings. The first-order valence-corrected chi connectivity index (χ1v) is 7.19. The summed E-state index contributed by atoms with van der Waals surface area (Å²) in [6.45, 7) is 7.95. The van der Waals surface area contributed by atoms with Gasteiger partial charge in [0, 0.05) is 25.9 Å². The van der Waals surface area contributed by atoms with Gasteiger partial charge in [-0.3, -0.25) is 33.9 Å². The number of hydrogen-bond acceptors (Lipinski definition) is 3. The molecule has 122 valence electrons. The summed E-state index contributed by atoms with van der Waals surface area (Å²) in [5.74, 6) is 0.563. The Morgan fingerprint density at radius 2 is 1.59 bits per heavy atom. The third-order valence-electron chi connectivity index (χ3n) is 3.34. The lowest BCUT2D eigenvalue weighted by atomic mass is 10.1. The number of H-pyrrole nitrogens is 2. The van der Waals surface area contributed by atoms with Crippen molar-refractivity contribution in [2.75, 3.05) is 0 Å². The molecule has 0 saturated heterocycles. The van der Waals surface area contributed by atoms with E-state index in [0.29, 0.717) is 17.9 Å². The molecule has 0 saturated carbocycles. The molecule has 2 heterocycles. The number of carbonyl (C=O) groups excluding carboxylic acids is 1. The molecule has 7 heteroatoms. The summed E-state index contributed by atoms with van der Waals surface area (Å²) in [6.07, 6.45) is 0.605. The van der Waals surface area contributed by atoms with E-state index in [1.54, 1.807) is 20.2 Å². The van der Waals surface area contributed by atoms with Gasteiger partial charge in [0.1, 0.15) is 5.56 Å². The van der Waals surface area contributed by atoms with Crippen LogP contribution in [0.5, 0.6) is 0 Å². The van der Waals surface area contributed by atoms with Gasteiger partial charge in [0.05, 0.1) is 5.69 Å². The number of aldehydes is 1. The lowest BCUT2D eigenvalue weighted by molar-refractivity contribution is 0.112. The maximum atomic E-state index is 11.2. The van der Waals surface area contributed by atoms with Crippen LogP contribution in [0.1, 0.15) is 61.3 Å². The summed E-state index contributed by atoms with van der Waals surface area (Å²) in [7, 11) is 3.31. The summed E-state index contributed by atoms with van der Waals surface area (Å²) in [6, 6.07) is 1.63. The van der Waals surface area contributed by atoms with Gasteiger partial charge in [0.2, 0.25) is 0 Å². The highest BCUT2D eigenvalue weighted by molar-refractivity contribution is 5.76. The van der Waals surface area contributed by atoms with Crippen molar-refractivity contribution in [3.05, 3.63) is 43.7 Å². The second-order valence-corrected chi connectivity index (χ2v) is 5.84. The van der Waals surface area contributed by atoms with Crippen LogP contribution in [-0.2, 0) is 14.1 Å². The van der Waals surface area contributed by atoms with Crippen LogP contribution in [0.25, 0.3) is 0 Å². The van der Waals surface area contributed by atoms with E-state index in [1.807, 2.05) is 27.7 Å². The number of aryl methyl sites for hydroxylation is 2. The zero-order chi connectivity index (χ0) is 17.0. The van der Waals surface area contributed by atoms with Crippen molar-refractivity contribution in [1.29, 1.82) is 0 Å². The lowest BCUT2D eigenvalue weighted by Crippen LogP contribution is -2.14. The second-order valence-electron chi connectivity index (χ2n) is 5.84. The number of nitrogens with zero attached hydrogens (tertiary/aromatic N) is 2. The molecule has 7 nitrogen and oxygen atoms in total. The van der Waals surface area contributed by atoms with E-state index in [9.17, 15) is 14.4 Å². The third-order valence-corrected chi connectivity index (χ3v) is 3.34. The summed E-state index contributed by atoms with van der Waals surface area (Å²) in [4.78, 5) is 32.6. The predicted octanol–water partition coefficient (Wildman–Crippen LogP) is 1.49. The molecular weight excluding hydrogens is 284 g/mol. The maximum Gasteiger partial charge on any atom is 0.277 e. The number of aromatic amines is 2. The van der Waals surface area contributed by atoms with Gasteiger partial charge in [-0.15, -0.1) is 0 Å². The van der Waals surface area contributed by atoms with Gasteiger partial charge in [0.15, 0.2) is 6.29 Å². The first-order chi connectivity index (χ1) is 10.2. The van der Waals surface area contributed by atoms with Crippen LogP contribution < -0.4 is 11.1 Å². The van der Waals surface area contributed by atoms with Crippen molar-refractivity contribution in [2.24, 2.45) is 14.1 Å². The van der Waals surface area contributed by atoms with Crippen molar-refractivity contribution in [1.82, 2.24) is 19.6 Å². The van der Waals surface area contributed by atoms with Crippen LogP contribution in [0.2, 0.25) is 0 Å². The lowest BCUT2D eigenvalue weighted by Gasteiger charge is -1.99. The van der Waals surface area contributed by atoms with Gasteiger partial charge in [-0.1, -0.05) is 27.7 Å². The zero-order valence-electron chi connectivity index (χ0n) is 13.9. The predicted molar refractivity (Wildman–Crippen MR) is 85.6 cm³/mol. The van der Waals surface area contributed by atoms with Crippen LogP contribution in [-0.4, -0.2) is 25.8 Å². The Morgan fingerprint density at radius 1 is 1.00 bits per heavy atom. The van der Waals surface area contributed by atoms with Gasteiger partial charge in [0.25, 0.3) is 11.1 Å². The molecule has 2 rings (SSSR count). The molecule has 0 bridgehead atoms. The topological polar surface area (TPSA) is 92.7 Å². The van der Waals surface area contributed by atoms with Crippen molar-refractivity contribution in [2.45, 2.75) is 39.5 Å². The zero-order valence-corrected chi connectivity index (χ0v) is 13.9. The van der Waals surface area contributed by atoms with E-state index >= 15 is 0 Å². The number of aromatic nitrogens is 4. The molecular formula is C15H24N4O3. The molecule has 0 amide bonds. The fraction of sp³-hybridized carbons (Fsp3) is 0.533. The summed E-state index contributed by atoms with van der Waals surface area (Å²) in [5.41, 5.74) is 1.72. The summed E-state index contributed by atoms with van der Waals surface area (Å²) < 4.78 is 2.80. The molecule has 0 aliphatic heterocycles. The minimum absolute atomic E-state index is 0.0312. The fourth-order valence-electron chi connectivity index (χ4n) is 1.95. The summed E-state index contributed by atoms with van der Waals surface area (Å²) >= 11 is 0. The highest BCUT2D eigenvalue weighted by Crippen LogP contribution is 2.11. The molecule has 0 aromatic carbocycles. The molecule has 2 aromatic heterocycles. The van der Waals surface area contributed by atoms with E-state index in [-0.39, 0.29) is 22.6 Å². The van der Waals surface area contributed by atoms with Crippen molar-refractivity contribution in [3.8, 4) is 0 Å². The highest BCUT2D eigenvalue weighted by Gasteiger charge is 2.13. The Labute approximate surface area is 128 Å². The second kappa shape index (κ2) is 7.11. The fourth-order valence-corrected chi connectivity index (χ4v) is 1.95. The van der Waals surface area contributed by atoms with Gasteiger partial charge in [-0.2, -0.15) is 0 Å². The molecule has 2 N–H and O–H groups in total. The first kappa shape index (κ1) is 17.7. The minimum atomic E-state index is -0.256. The highest BCUT2D eigenvalue weighted by atomic mass is 16.1. The van der Waals surface area contributed by atoms with Crippen LogP contribution >= 0.6 is 0 Å². The van der Waals surface area contributed by atoms with E-state index in [0.717, 1.165) is 5.69 Å². The number of hydrogen-bond donors (Lipinski definition) is 2. The molecule has 2 aromatic rings. The molecule has 0 unspecified atom stereocenters. The van der Waals surface area contributed by atoms with Crippen molar-refractivity contribution >= 4 is 6.29 Å². The Kier molecular flexibility index (Phi) is 5.73. The van der Waals surface area contributed by atoms with Gasteiger partial charge < -0.3 is 0 Å². The van der Waals surface area contributed by atoms with E-state index in [1.165, 1.54) is 9.36 Å². The van der Waals surface area contributed by atoms with E-state index in [2.05, 4.69) is 10.2 Å². The normalized spacial score (nSPS) is 10.7. The Bertz CT molecular complexity index is 744. The Balaban J connectivity index is 0.000000224. The molecule has 0 aliphatic carbocycles. The van der Waals surface area contributed by atoms with Crippen LogP contribution in [0.3, 0.4) is 0 Å². The molecule has 22 heavy (non-hydrogen) atoms. The first-order valence-electron chi connectivity index (χ1n) is 7.19. The SMILES string of the molecule is CC(C)c1[nH]n(C)c(=O)c1C=O.CC(C)c1cc(=O)n(C)[nH]1. The van der Waals surface area contributed by atoms with Crippen molar-refractivity contribution < 1.29 is 4.79 Å². The maximum absolute atomic E-state index is 11.2. The van der Waals surface area contributed by atoms with Crippen LogP contribution in [0.4, 0.5) is 0 Å². The van der Waals surface area contributed by atoms with Crippen molar-refractivity contribution in [3.63, 3.8) is 0 Å². The summed E-state index contributed by atoms with van der Waals surface area (Å²) in [5, 5.41) is 5.78. The quantitative estimate of drug-likeness (QED) is 0.841. The number of carbonyl (C=O) groups is 1. The number of rotatable bonds is 3. The minimum Gasteiger partial charge on any atom is -0.300 e. The third kappa shape index (κ3) is 3.87. The standard InChI is InChI=1S/C8H12N2O2.C7H12N2O/c1-5(2)7-6(4-11)8(12)10(3)9-7;1-5(2)6-4-7(10)9(3)8-6/h4-5,9H,1-3H3;4-5,8H,1-3H3. The molecule has 0 radical (unpaired) electrons. The molecule has 0 spiro atoms. The average molecular weight is 308 g/mol. The van der Waals surface area contributed by atoms with Gasteiger partial charge in [-0.25, -0.2) is 0 Å². The van der Waals surface area contributed by atoms with E-state index < -0.39 is 0 Å². The average Bonchev–Trinajstić information content (AvgIpc) is 2.92.